The summed E-state index contributed by atoms with van der Waals surface area (Å²) in [6, 6.07) is 3.61. The Kier molecular flexibility index (Phi) is 4.63. The number of carboxylic acids is 1. The molecule has 0 fully saturated rings. The van der Waals surface area contributed by atoms with Gasteiger partial charge in [-0.3, -0.25) is 14.6 Å². The standard InChI is InChI=1S/C12H16N2O3/c1-9(2)14(11(15)6-12(16)17)8-10-4-3-5-13-7-10/h3-5,7,9H,6,8H2,1-2H3,(H,16,17). The number of hydrogen-bond donors (Lipinski definition) is 1. The smallest absolute Gasteiger partial charge is 0.312 e. The first-order valence-electron chi connectivity index (χ1n) is 5.41. The summed E-state index contributed by atoms with van der Waals surface area (Å²) in [7, 11) is 0. The van der Waals surface area contributed by atoms with Crippen molar-refractivity contribution in [3.05, 3.63) is 30.1 Å². The summed E-state index contributed by atoms with van der Waals surface area (Å²) in [4.78, 5) is 27.7. The lowest BCUT2D eigenvalue weighted by molar-refractivity contribution is -0.145. The minimum atomic E-state index is -1.10. The second-order valence-electron chi connectivity index (χ2n) is 4.05. The maximum atomic E-state index is 11.7. The predicted molar refractivity (Wildman–Crippen MR) is 62.2 cm³/mol. The molecule has 0 aliphatic rings. The molecule has 0 radical (unpaired) electrons. The first-order valence-corrected chi connectivity index (χ1v) is 5.41. The Morgan fingerprint density at radius 1 is 1.47 bits per heavy atom. The number of carbonyl (C=O) groups excluding carboxylic acids is 1. The minimum Gasteiger partial charge on any atom is -0.481 e. The Morgan fingerprint density at radius 2 is 2.18 bits per heavy atom. The summed E-state index contributed by atoms with van der Waals surface area (Å²) in [5, 5.41) is 8.62. The molecule has 0 saturated heterocycles. The maximum absolute atomic E-state index is 11.7. The van der Waals surface area contributed by atoms with Crippen molar-refractivity contribution in [3.8, 4) is 0 Å². The first kappa shape index (κ1) is 13.2. The van der Waals surface area contributed by atoms with E-state index in [-0.39, 0.29) is 11.9 Å². The molecule has 92 valence electrons. The Hall–Kier alpha value is -1.91. The zero-order chi connectivity index (χ0) is 12.8. The molecule has 1 N–H and O–H groups in total. The highest BCUT2D eigenvalue weighted by Gasteiger charge is 2.19. The van der Waals surface area contributed by atoms with Gasteiger partial charge < -0.3 is 10.0 Å². The Bertz CT molecular complexity index is 390. The van der Waals surface area contributed by atoms with Gasteiger partial charge in [0.2, 0.25) is 5.91 Å². The molecule has 0 aliphatic heterocycles. The number of pyridine rings is 1. The topological polar surface area (TPSA) is 70.5 Å². The summed E-state index contributed by atoms with van der Waals surface area (Å²) in [5.41, 5.74) is 0.889. The van der Waals surface area contributed by atoms with Crippen molar-refractivity contribution in [2.24, 2.45) is 0 Å². The number of amides is 1. The Labute approximate surface area is 100 Å². The fourth-order valence-corrected chi connectivity index (χ4v) is 1.48. The predicted octanol–water partition coefficient (Wildman–Crippen LogP) is 1.29. The zero-order valence-corrected chi connectivity index (χ0v) is 9.96. The van der Waals surface area contributed by atoms with Crippen LogP contribution in [0.1, 0.15) is 25.8 Å². The van der Waals surface area contributed by atoms with Crippen molar-refractivity contribution in [3.63, 3.8) is 0 Å². The Balaban J connectivity index is 2.73. The van der Waals surface area contributed by atoms with Crippen LogP contribution >= 0.6 is 0 Å². The van der Waals surface area contributed by atoms with E-state index < -0.39 is 12.4 Å². The van der Waals surface area contributed by atoms with Crippen molar-refractivity contribution in [1.82, 2.24) is 9.88 Å². The van der Waals surface area contributed by atoms with Crippen LogP contribution < -0.4 is 0 Å². The highest BCUT2D eigenvalue weighted by molar-refractivity contribution is 5.93. The molecule has 1 amide bonds. The third-order valence-electron chi connectivity index (χ3n) is 2.32. The molecule has 1 aromatic rings. The summed E-state index contributed by atoms with van der Waals surface area (Å²) >= 11 is 0. The van der Waals surface area contributed by atoms with E-state index in [4.69, 9.17) is 5.11 Å². The van der Waals surface area contributed by atoms with Crippen LogP contribution in [-0.4, -0.2) is 32.9 Å². The number of nitrogens with zero attached hydrogens (tertiary/aromatic N) is 2. The van der Waals surface area contributed by atoms with Crippen LogP contribution in [0.2, 0.25) is 0 Å². The van der Waals surface area contributed by atoms with E-state index in [9.17, 15) is 9.59 Å². The molecule has 0 aromatic carbocycles. The first-order chi connectivity index (χ1) is 8.00. The lowest BCUT2D eigenvalue weighted by Crippen LogP contribution is -2.37. The number of aromatic nitrogens is 1. The van der Waals surface area contributed by atoms with Crippen LogP contribution in [0, 0.1) is 0 Å². The zero-order valence-electron chi connectivity index (χ0n) is 9.96. The second-order valence-corrected chi connectivity index (χ2v) is 4.05. The summed E-state index contributed by atoms with van der Waals surface area (Å²) in [6.45, 7) is 4.10. The van der Waals surface area contributed by atoms with E-state index >= 15 is 0 Å². The van der Waals surface area contributed by atoms with Gasteiger partial charge in [-0.1, -0.05) is 6.07 Å². The molecule has 0 aliphatic carbocycles. The monoisotopic (exact) mass is 236 g/mol. The van der Waals surface area contributed by atoms with E-state index in [2.05, 4.69) is 4.98 Å². The van der Waals surface area contributed by atoms with Gasteiger partial charge in [0.1, 0.15) is 6.42 Å². The molecule has 17 heavy (non-hydrogen) atoms. The van der Waals surface area contributed by atoms with Crippen LogP contribution in [0.3, 0.4) is 0 Å². The third kappa shape index (κ3) is 4.22. The average molecular weight is 236 g/mol. The fraction of sp³-hybridized carbons (Fsp3) is 0.417. The van der Waals surface area contributed by atoms with E-state index in [1.165, 1.54) is 4.90 Å². The average Bonchev–Trinajstić information content (AvgIpc) is 2.25. The van der Waals surface area contributed by atoms with Crippen LogP contribution in [0.5, 0.6) is 0 Å². The van der Waals surface area contributed by atoms with Crippen molar-refractivity contribution in [1.29, 1.82) is 0 Å². The lowest BCUT2D eigenvalue weighted by atomic mass is 10.2. The molecule has 0 atom stereocenters. The van der Waals surface area contributed by atoms with Gasteiger partial charge in [0.15, 0.2) is 0 Å². The molecule has 0 saturated carbocycles. The fourth-order valence-electron chi connectivity index (χ4n) is 1.48. The maximum Gasteiger partial charge on any atom is 0.312 e. The number of rotatable bonds is 5. The van der Waals surface area contributed by atoms with Crippen molar-refractivity contribution in [2.75, 3.05) is 0 Å². The van der Waals surface area contributed by atoms with Gasteiger partial charge in [0.25, 0.3) is 0 Å². The molecule has 5 heteroatoms. The van der Waals surface area contributed by atoms with Gasteiger partial charge in [-0.2, -0.15) is 0 Å². The van der Waals surface area contributed by atoms with Gasteiger partial charge in [-0.15, -0.1) is 0 Å². The van der Waals surface area contributed by atoms with Gasteiger partial charge in [0.05, 0.1) is 0 Å². The van der Waals surface area contributed by atoms with Crippen LogP contribution in [0.25, 0.3) is 0 Å². The highest BCUT2D eigenvalue weighted by Crippen LogP contribution is 2.09. The molecule has 0 unspecified atom stereocenters. The molecular weight excluding hydrogens is 220 g/mol. The third-order valence-corrected chi connectivity index (χ3v) is 2.32. The second kappa shape index (κ2) is 5.98. The van der Waals surface area contributed by atoms with Gasteiger partial charge in [-0.25, -0.2) is 0 Å². The number of hydrogen-bond acceptors (Lipinski definition) is 3. The summed E-state index contributed by atoms with van der Waals surface area (Å²) < 4.78 is 0. The quantitative estimate of drug-likeness (QED) is 0.782. The summed E-state index contributed by atoms with van der Waals surface area (Å²) in [6.07, 6.45) is 2.85. The highest BCUT2D eigenvalue weighted by atomic mass is 16.4. The molecule has 1 aromatic heterocycles. The van der Waals surface area contributed by atoms with E-state index in [1.807, 2.05) is 19.9 Å². The van der Waals surface area contributed by atoms with Gasteiger partial charge >= 0.3 is 5.97 Å². The number of aliphatic carboxylic acids is 1. The van der Waals surface area contributed by atoms with Crippen LogP contribution in [0.15, 0.2) is 24.5 Å². The summed E-state index contributed by atoms with van der Waals surface area (Å²) in [5.74, 6) is -1.48. The van der Waals surface area contributed by atoms with E-state index in [1.54, 1.807) is 18.5 Å². The van der Waals surface area contributed by atoms with Crippen molar-refractivity contribution >= 4 is 11.9 Å². The molecule has 5 nitrogen and oxygen atoms in total. The van der Waals surface area contributed by atoms with Crippen LogP contribution in [-0.2, 0) is 16.1 Å². The number of carbonyl (C=O) groups is 2. The lowest BCUT2D eigenvalue weighted by Gasteiger charge is -2.26. The molecule has 0 bridgehead atoms. The van der Waals surface area contributed by atoms with E-state index in [0.29, 0.717) is 6.54 Å². The molecule has 0 spiro atoms. The van der Waals surface area contributed by atoms with Gasteiger partial charge in [-0.05, 0) is 25.5 Å². The van der Waals surface area contributed by atoms with Crippen LogP contribution in [0.4, 0.5) is 0 Å². The van der Waals surface area contributed by atoms with Crippen molar-refractivity contribution < 1.29 is 14.7 Å². The molecule has 1 rings (SSSR count). The SMILES string of the molecule is CC(C)N(Cc1cccnc1)C(=O)CC(=O)O. The largest absolute Gasteiger partial charge is 0.481 e. The van der Waals surface area contributed by atoms with Crippen molar-refractivity contribution in [2.45, 2.75) is 32.9 Å². The molecular formula is C12H16N2O3. The van der Waals surface area contributed by atoms with Gasteiger partial charge in [0, 0.05) is 25.0 Å². The normalized spacial score (nSPS) is 10.3. The molecule has 1 heterocycles. The van der Waals surface area contributed by atoms with E-state index in [0.717, 1.165) is 5.56 Å². The minimum absolute atomic E-state index is 0.0398. The number of carboxylic acid groups (broad SMARTS) is 1. The Morgan fingerprint density at radius 3 is 2.65 bits per heavy atom.